The van der Waals surface area contributed by atoms with Gasteiger partial charge in [-0.25, -0.2) is 0 Å². The van der Waals surface area contributed by atoms with Crippen molar-refractivity contribution in [3.8, 4) is 5.75 Å². The number of aliphatic hydroxyl groups is 1. The Morgan fingerprint density at radius 1 is 1.47 bits per heavy atom. The lowest BCUT2D eigenvalue weighted by Crippen LogP contribution is -2.33. The number of aliphatic hydroxyl groups excluding tert-OH is 1. The Morgan fingerprint density at radius 2 is 2.32 bits per heavy atom. The Balaban J connectivity index is 1.61. The van der Waals surface area contributed by atoms with Crippen LogP contribution in [0.1, 0.15) is 31.7 Å². The molecular weight excluding hydrogens is 238 g/mol. The normalized spacial score (nSPS) is 23.1. The third-order valence-electron chi connectivity index (χ3n) is 3.63. The smallest absolute Gasteiger partial charge is 0.119 e. The molecule has 0 heterocycles. The molecule has 2 N–H and O–H groups in total. The second kappa shape index (κ2) is 6.92. The van der Waals surface area contributed by atoms with E-state index in [1.54, 1.807) is 0 Å². The number of hydrogen-bond donors (Lipinski definition) is 2. The summed E-state index contributed by atoms with van der Waals surface area (Å²) in [5, 5.41) is 13.3. The molecule has 0 bridgehead atoms. The molecule has 1 fully saturated rings. The number of hydrogen-bond acceptors (Lipinski definition) is 3. The number of benzene rings is 1. The van der Waals surface area contributed by atoms with E-state index >= 15 is 0 Å². The Bertz CT molecular complexity index is 394. The average molecular weight is 263 g/mol. The van der Waals surface area contributed by atoms with E-state index in [1.807, 2.05) is 31.2 Å². The van der Waals surface area contributed by atoms with Crippen LogP contribution in [0.5, 0.6) is 5.75 Å². The van der Waals surface area contributed by atoms with Gasteiger partial charge in [0, 0.05) is 12.6 Å². The lowest BCUT2D eigenvalue weighted by molar-refractivity contribution is 0.105. The first-order valence-corrected chi connectivity index (χ1v) is 7.30. The summed E-state index contributed by atoms with van der Waals surface area (Å²) in [7, 11) is 0. The van der Waals surface area contributed by atoms with E-state index in [9.17, 15) is 5.11 Å². The van der Waals surface area contributed by atoms with Crippen molar-refractivity contribution >= 4 is 0 Å². The minimum atomic E-state index is -0.441. The van der Waals surface area contributed by atoms with Crippen LogP contribution in [-0.4, -0.2) is 30.4 Å². The highest BCUT2D eigenvalue weighted by atomic mass is 16.5. The van der Waals surface area contributed by atoms with Crippen LogP contribution in [0.4, 0.5) is 0 Å². The lowest BCUT2D eigenvalue weighted by Gasteiger charge is -2.13. The van der Waals surface area contributed by atoms with E-state index in [0.717, 1.165) is 11.7 Å². The summed E-state index contributed by atoms with van der Waals surface area (Å²) < 4.78 is 5.59. The Kier molecular flexibility index (Phi) is 5.23. The van der Waals surface area contributed by atoms with Gasteiger partial charge in [0.2, 0.25) is 0 Å². The Hall–Kier alpha value is -1.06. The molecule has 1 aliphatic carbocycles. The topological polar surface area (TPSA) is 41.5 Å². The van der Waals surface area contributed by atoms with Gasteiger partial charge in [-0.05, 0) is 43.4 Å². The molecule has 19 heavy (non-hydrogen) atoms. The van der Waals surface area contributed by atoms with E-state index in [2.05, 4.69) is 12.2 Å². The monoisotopic (exact) mass is 263 g/mol. The highest BCUT2D eigenvalue weighted by molar-refractivity contribution is 5.27. The standard InChI is InChI=1S/C16H25NO2/c1-3-5-13-9-16(13)17-10-14(18)11-19-15-7-4-6-12(2)8-15/h4,6-8,13-14,16-18H,3,5,9-11H2,1-2H3. The molecule has 1 aromatic rings. The van der Waals surface area contributed by atoms with E-state index in [-0.39, 0.29) is 0 Å². The predicted molar refractivity (Wildman–Crippen MR) is 77.5 cm³/mol. The van der Waals surface area contributed by atoms with Crippen molar-refractivity contribution in [1.29, 1.82) is 0 Å². The summed E-state index contributed by atoms with van der Waals surface area (Å²) in [6, 6.07) is 8.53. The van der Waals surface area contributed by atoms with Crippen molar-refractivity contribution in [2.75, 3.05) is 13.2 Å². The van der Waals surface area contributed by atoms with Crippen LogP contribution < -0.4 is 10.1 Å². The summed E-state index contributed by atoms with van der Waals surface area (Å²) >= 11 is 0. The number of nitrogens with one attached hydrogen (secondary N) is 1. The molecule has 0 radical (unpaired) electrons. The molecule has 1 aliphatic rings. The molecule has 1 aromatic carbocycles. The van der Waals surface area contributed by atoms with E-state index in [1.165, 1.54) is 24.8 Å². The molecule has 106 valence electrons. The van der Waals surface area contributed by atoms with Gasteiger partial charge in [0.15, 0.2) is 0 Å². The van der Waals surface area contributed by atoms with Crippen molar-refractivity contribution < 1.29 is 9.84 Å². The number of rotatable bonds is 8. The molecule has 0 aromatic heterocycles. The van der Waals surface area contributed by atoms with Gasteiger partial charge in [0.25, 0.3) is 0 Å². The third-order valence-corrected chi connectivity index (χ3v) is 3.63. The van der Waals surface area contributed by atoms with Crippen LogP contribution in [0, 0.1) is 12.8 Å². The average Bonchev–Trinajstić information content (AvgIpc) is 3.13. The minimum absolute atomic E-state index is 0.349. The summed E-state index contributed by atoms with van der Waals surface area (Å²) in [6.07, 6.45) is 3.37. The lowest BCUT2D eigenvalue weighted by atomic mass is 10.2. The first-order valence-electron chi connectivity index (χ1n) is 7.30. The van der Waals surface area contributed by atoms with Gasteiger partial charge in [-0.2, -0.15) is 0 Å². The zero-order chi connectivity index (χ0) is 13.7. The zero-order valence-corrected chi connectivity index (χ0v) is 11.9. The maximum atomic E-state index is 9.89. The summed E-state index contributed by atoms with van der Waals surface area (Å²) in [5.41, 5.74) is 1.17. The Morgan fingerprint density at radius 3 is 3.05 bits per heavy atom. The molecule has 0 saturated heterocycles. The highest BCUT2D eigenvalue weighted by Crippen LogP contribution is 2.34. The molecule has 3 heteroatoms. The predicted octanol–water partition coefficient (Wildman–Crippen LogP) is 2.51. The third kappa shape index (κ3) is 4.84. The van der Waals surface area contributed by atoms with Crippen LogP contribution in [0.25, 0.3) is 0 Å². The molecule has 3 nitrogen and oxygen atoms in total. The fourth-order valence-electron chi connectivity index (χ4n) is 2.43. The van der Waals surface area contributed by atoms with Gasteiger partial charge in [0.05, 0.1) is 0 Å². The SMILES string of the molecule is CCCC1CC1NCC(O)COc1cccc(C)c1. The van der Waals surface area contributed by atoms with Gasteiger partial charge in [0.1, 0.15) is 18.5 Å². The molecule has 0 amide bonds. The molecular formula is C16H25NO2. The molecule has 0 aliphatic heterocycles. The first kappa shape index (κ1) is 14.4. The molecule has 3 atom stereocenters. The van der Waals surface area contributed by atoms with E-state index in [0.29, 0.717) is 19.2 Å². The number of ether oxygens (including phenoxy) is 1. The molecule has 0 spiro atoms. The minimum Gasteiger partial charge on any atom is -0.491 e. The molecule has 1 saturated carbocycles. The highest BCUT2D eigenvalue weighted by Gasteiger charge is 2.35. The quantitative estimate of drug-likeness (QED) is 0.757. The first-order chi connectivity index (χ1) is 9.19. The van der Waals surface area contributed by atoms with Crippen molar-refractivity contribution in [3.63, 3.8) is 0 Å². The van der Waals surface area contributed by atoms with Crippen LogP contribution in [0.3, 0.4) is 0 Å². The second-order valence-corrected chi connectivity index (χ2v) is 5.58. The molecule has 2 rings (SSSR count). The Labute approximate surface area is 116 Å². The fraction of sp³-hybridized carbons (Fsp3) is 0.625. The van der Waals surface area contributed by atoms with Crippen molar-refractivity contribution in [2.24, 2.45) is 5.92 Å². The van der Waals surface area contributed by atoms with Crippen LogP contribution in [-0.2, 0) is 0 Å². The van der Waals surface area contributed by atoms with Gasteiger partial charge in [-0.3, -0.25) is 0 Å². The zero-order valence-electron chi connectivity index (χ0n) is 11.9. The largest absolute Gasteiger partial charge is 0.491 e. The summed E-state index contributed by atoms with van der Waals surface area (Å²) in [5.74, 6) is 1.66. The second-order valence-electron chi connectivity index (χ2n) is 5.58. The number of aryl methyl sites for hydroxylation is 1. The maximum Gasteiger partial charge on any atom is 0.119 e. The van der Waals surface area contributed by atoms with Crippen molar-refractivity contribution in [1.82, 2.24) is 5.32 Å². The van der Waals surface area contributed by atoms with Crippen LogP contribution in [0.15, 0.2) is 24.3 Å². The van der Waals surface area contributed by atoms with E-state index < -0.39 is 6.10 Å². The van der Waals surface area contributed by atoms with Crippen LogP contribution in [0.2, 0.25) is 0 Å². The molecule has 3 unspecified atom stereocenters. The van der Waals surface area contributed by atoms with Crippen molar-refractivity contribution in [2.45, 2.75) is 45.3 Å². The van der Waals surface area contributed by atoms with Gasteiger partial charge < -0.3 is 15.2 Å². The van der Waals surface area contributed by atoms with E-state index in [4.69, 9.17) is 4.74 Å². The maximum absolute atomic E-state index is 9.89. The van der Waals surface area contributed by atoms with Crippen LogP contribution >= 0.6 is 0 Å². The summed E-state index contributed by atoms with van der Waals surface area (Å²) in [4.78, 5) is 0. The summed E-state index contributed by atoms with van der Waals surface area (Å²) in [6.45, 7) is 5.23. The fourth-order valence-corrected chi connectivity index (χ4v) is 2.43. The van der Waals surface area contributed by atoms with Gasteiger partial charge in [-0.15, -0.1) is 0 Å². The van der Waals surface area contributed by atoms with Gasteiger partial charge >= 0.3 is 0 Å². The van der Waals surface area contributed by atoms with Crippen molar-refractivity contribution in [3.05, 3.63) is 29.8 Å². The van der Waals surface area contributed by atoms with Gasteiger partial charge in [-0.1, -0.05) is 25.5 Å².